The van der Waals surface area contributed by atoms with E-state index < -0.39 is 5.60 Å². The molecule has 0 aliphatic heterocycles. The summed E-state index contributed by atoms with van der Waals surface area (Å²) in [5, 5.41) is 8.92. The summed E-state index contributed by atoms with van der Waals surface area (Å²) in [6.07, 6.45) is 4.48. The van der Waals surface area contributed by atoms with E-state index in [1.54, 1.807) is 0 Å². The number of nitrogens with zero attached hydrogens (tertiary/aromatic N) is 3. The molecule has 4 heteroatoms. The third-order valence-corrected chi connectivity index (χ3v) is 5.77. The largest absolute Gasteiger partial charge is 0.364 e. The van der Waals surface area contributed by atoms with Crippen LogP contribution in [0, 0.1) is 11.3 Å². The molecule has 0 N–H and O–H groups in total. The van der Waals surface area contributed by atoms with Crippen LogP contribution in [0.15, 0.2) is 6.20 Å². The summed E-state index contributed by atoms with van der Waals surface area (Å²) < 4.78 is 8.22. The fraction of sp³-hybridized carbons (Fsp3) is 0.900. The molecule has 1 unspecified atom stereocenters. The Morgan fingerprint density at radius 1 is 1.04 bits per heavy atom. The summed E-state index contributed by atoms with van der Waals surface area (Å²) in [6, 6.07) is 0. The van der Waals surface area contributed by atoms with Gasteiger partial charge >= 0.3 is 0 Å². The van der Waals surface area contributed by atoms with Gasteiger partial charge < -0.3 is 4.74 Å². The third kappa shape index (κ3) is 4.38. The van der Waals surface area contributed by atoms with E-state index in [9.17, 15) is 0 Å². The average Bonchev–Trinajstić information content (AvgIpc) is 2.86. The van der Waals surface area contributed by atoms with Crippen molar-refractivity contribution in [1.82, 2.24) is 15.0 Å². The zero-order valence-electron chi connectivity index (χ0n) is 17.8. The Morgan fingerprint density at radius 3 is 2.04 bits per heavy atom. The molecule has 0 spiro atoms. The first-order valence-electron chi connectivity index (χ1n) is 9.28. The lowest BCUT2D eigenvalue weighted by molar-refractivity contribution is -0.119. The number of hydrogen-bond donors (Lipinski definition) is 0. The van der Waals surface area contributed by atoms with Crippen LogP contribution < -0.4 is 0 Å². The molecule has 1 aromatic heterocycles. The molecule has 0 bridgehead atoms. The normalized spacial score (nSPS) is 15.6. The van der Waals surface area contributed by atoms with Crippen LogP contribution in [0.2, 0.25) is 0 Å². The third-order valence-electron chi connectivity index (χ3n) is 5.77. The minimum absolute atomic E-state index is 0.100. The second kappa shape index (κ2) is 6.78. The maximum Gasteiger partial charge on any atom is 0.114 e. The highest BCUT2D eigenvalue weighted by Gasteiger charge is 2.43. The van der Waals surface area contributed by atoms with Gasteiger partial charge in [0.25, 0.3) is 0 Å². The number of aromatic nitrogens is 3. The Kier molecular flexibility index (Phi) is 5.97. The van der Waals surface area contributed by atoms with E-state index in [4.69, 9.17) is 4.74 Å². The average molecular weight is 338 g/mol. The second-order valence-corrected chi connectivity index (χ2v) is 9.74. The van der Waals surface area contributed by atoms with E-state index in [1.807, 2.05) is 4.68 Å². The first-order chi connectivity index (χ1) is 10.6. The van der Waals surface area contributed by atoms with Gasteiger partial charge in [0.2, 0.25) is 0 Å². The van der Waals surface area contributed by atoms with Crippen LogP contribution in [0.5, 0.6) is 0 Å². The van der Waals surface area contributed by atoms with Gasteiger partial charge in [0.05, 0.1) is 17.3 Å². The second-order valence-electron chi connectivity index (χ2n) is 9.74. The van der Waals surface area contributed by atoms with Crippen molar-refractivity contribution in [2.45, 2.75) is 106 Å². The van der Waals surface area contributed by atoms with Gasteiger partial charge in [-0.3, -0.25) is 0 Å². The molecule has 1 atom stereocenters. The molecular weight excluding hydrogens is 298 g/mol. The monoisotopic (exact) mass is 337 g/mol. The predicted octanol–water partition coefficient (Wildman–Crippen LogP) is 5.53. The molecule has 0 aliphatic rings. The summed E-state index contributed by atoms with van der Waals surface area (Å²) >= 11 is 0. The SMILES string of the molecule is CCCC(C)C(C)(C)C(C)(C)n1cc(C(C)(C)OC(C)(C)C)nn1. The van der Waals surface area contributed by atoms with Gasteiger partial charge in [0, 0.05) is 0 Å². The first-order valence-corrected chi connectivity index (χ1v) is 9.28. The van der Waals surface area contributed by atoms with Gasteiger partial charge in [-0.05, 0) is 59.8 Å². The Morgan fingerprint density at radius 2 is 1.58 bits per heavy atom. The van der Waals surface area contributed by atoms with Crippen LogP contribution in [0.1, 0.15) is 94.7 Å². The summed E-state index contributed by atoms with van der Waals surface area (Å²) in [7, 11) is 0. The van der Waals surface area contributed by atoms with Crippen LogP contribution in [0.3, 0.4) is 0 Å². The van der Waals surface area contributed by atoms with Crippen molar-refractivity contribution in [3.8, 4) is 0 Å². The number of rotatable bonds is 7. The molecule has 4 nitrogen and oxygen atoms in total. The standard InChI is InChI=1S/C20H39N3O/c1-12-13-15(2)18(6,7)20(10,11)23-14-16(21-22-23)19(8,9)24-17(3,4)5/h14-15H,12-13H2,1-11H3. The molecule has 0 amide bonds. The highest BCUT2D eigenvalue weighted by molar-refractivity contribution is 5.07. The fourth-order valence-corrected chi connectivity index (χ4v) is 3.32. The van der Waals surface area contributed by atoms with E-state index in [2.05, 4.69) is 92.7 Å². The van der Waals surface area contributed by atoms with Crippen molar-refractivity contribution >= 4 is 0 Å². The molecule has 0 saturated carbocycles. The Hall–Kier alpha value is -0.900. The molecule has 24 heavy (non-hydrogen) atoms. The molecule has 140 valence electrons. The van der Waals surface area contributed by atoms with Crippen LogP contribution in [0.25, 0.3) is 0 Å². The number of ether oxygens (including phenoxy) is 1. The van der Waals surface area contributed by atoms with Crippen LogP contribution in [0.4, 0.5) is 0 Å². The molecular formula is C20H39N3O. The molecule has 1 aromatic rings. The lowest BCUT2D eigenvalue weighted by Crippen LogP contribution is -2.46. The van der Waals surface area contributed by atoms with E-state index in [0.717, 1.165) is 5.69 Å². The van der Waals surface area contributed by atoms with Gasteiger partial charge in [0.1, 0.15) is 11.3 Å². The van der Waals surface area contributed by atoms with Crippen molar-refractivity contribution in [3.63, 3.8) is 0 Å². The maximum absolute atomic E-state index is 6.19. The van der Waals surface area contributed by atoms with Gasteiger partial charge in [-0.1, -0.05) is 45.7 Å². The first kappa shape index (κ1) is 21.1. The number of hydrogen-bond acceptors (Lipinski definition) is 3. The topological polar surface area (TPSA) is 39.9 Å². The minimum Gasteiger partial charge on any atom is -0.364 e. The van der Waals surface area contributed by atoms with E-state index >= 15 is 0 Å². The Labute approximate surface area is 149 Å². The smallest absolute Gasteiger partial charge is 0.114 e. The van der Waals surface area contributed by atoms with Crippen LogP contribution in [-0.4, -0.2) is 20.6 Å². The highest BCUT2D eigenvalue weighted by Crippen LogP contribution is 2.44. The minimum atomic E-state index is -0.467. The molecule has 1 rings (SSSR count). The van der Waals surface area contributed by atoms with Crippen LogP contribution >= 0.6 is 0 Å². The molecule has 0 saturated heterocycles. The summed E-state index contributed by atoms with van der Waals surface area (Å²) in [5.74, 6) is 0.601. The zero-order chi connectivity index (χ0) is 19.0. The highest BCUT2D eigenvalue weighted by atomic mass is 16.5. The van der Waals surface area contributed by atoms with Crippen molar-refractivity contribution in [2.75, 3.05) is 0 Å². The van der Waals surface area contributed by atoms with Gasteiger partial charge in [-0.2, -0.15) is 0 Å². The van der Waals surface area contributed by atoms with Gasteiger partial charge in [0.15, 0.2) is 0 Å². The fourth-order valence-electron chi connectivity index (χ4n) is 3.32. The van der Waals surface area contributed by atoms with Crippen molar-refractivity contribution in [2.24, 2.45) is 11.3 Å². The van der Waals surface area contributed by atoms with Gasteiger partial charge in [-0.15, -0.1) is 5.10 Å². The van der Waals surface area contributed by atoms with E-state index in [0.29, 0.717) is 5.92 Å². The Bertz CT molecular complexity index is 535. The lowest BCUT2D eigenvalue weighted by atomic mass is 9.65. The molecule has 0 radical (unpaired) electrons. The van der Waals surface area contributed by atoms with Crippen molar-refractivity contribution in [3.05, 3.63) is 11.9 Å². The zero-order valence-corrected chi connectivity index (χ0v) is 17.8. The maximum atomic E-state index is 6.19. The van der Waals surface area contributed by atoms with E-state index in [1.165, 1.54) is 12.8 Å². The molecule has 0 aliphatic carbocycles. The van der Waals surface area contributed by atoms with Crippen molar-refractivity contribution < 1.29 is 4.74 Å². The molecule has 0 aromatic carbocycles. The molecule has 1 heterocycles. The predicted molar refractivity (Wildman–Crippen MR) is 101 cm³/mol. The van der Waals surface area contributed by atoms with E-state index in [-0.39, 0.29) is 16.6 Å². The summed E-state index contributed by atoms with van der Waals surface area (Å²) in [5.41, 5.74) is 0.154. The van der Waals surface area contributed by atoms with Crippen LogP contribution in [-0.2, 0) is 15.9 Å². The van der Waals surface area contributed by atoms with Gasteiger partial charge in [-0.25, -0.2) is 4.68 Å². The quantitative estimate of drug-likeness (QED) is 0.657. The molecule has 0 fully saturated rings. The summed E-state index contributed by atoms with van der Waals surface area (Å²) in [4.78, 5) is 0. The lowest BCUT2D eigenvalue weighted by Gasteiger charge is -2.45. The summed E-state index contributed by atoms with van der Waals surface area (Å²) in [6.45, 7) is 24.1. The van der Waals surface area contributed by atoms with Crippen molar-refractivity contribution in [1.29, 1.82) is 0 Å². The Balaban J connectivity index is 3.14.